The van der Waals surface area contributed by atoms with Gasteiger partial charge >= 0.3 is 0 Å². The summed E-state index contributed by atoms with van der Waals surface area (Å²) in [6.07, 6.45) is 1.80. The van der Waals surface area contributed by atoms with Crippen LogP contribution < -0.4 is 4.90 Å². The topological polar surface area (TPSA) is 16.1 Å². The normalized spacial score (nSPS) is 10.5. The molecule has 0 aromatic carbocycles. The lowest BCUT2D eigenvalue weighted by molar-refractivity contribution is 0.899. The molecule has 5 heteroatoms. The molecular weight excluding hydrogens is 320 g/mol. The zero-order chi connectivity index (χ0) is 12.3. The molecule has 2 rings (SSSR count). The van der Waals surface area contributed by atoms with Gasteiger partial charge in [-0.1, -0.05) is 0 Å². The number of pyridine rings is 1. The van der Waals surface area contributed by atoms with Crippen molar-refractivity contribution in [3.05, 3.63) is 44.7 Å². The van der Waals surface area contributed by atoms with Gasteiger partial charge in [0.05, 0.1) is 3.79 Å². The predicted octanol–water partition coefficient (Wildman–Crippen LogP) is 4.28. The second kappa shape index (κ2) is 5.85. The number of aromatic nitrogens is 1. The molecular formula is C12H12BrClN2S. The smallest absolute Gasteiger partial charge is 0.128 e. The van der Waals surface area contributed by atoms with Crippen LogP contribution in [0, 0.1) is 0 Å². The lowest BCUT2D eigenvalue weighted by Crippen LogP contribution is -2.17. The van der Waals surface area contributed by atoms with Gasteiger partial charge in [0.25, 0.3) is 0 Å². The molecule has 0 N–H and O–H groups in total. The van der Waals surface area contributed by atoms with Gasteiger partial charge in [0.2, 0.25) is 0 Å². The van der Waals surface area contributed by atoms with E-state index in [1.807, 2.05) is 19.2 Å². The highest BCUT2D eigenvalue weighted by molar-refractivity contribution is 9.11. The first-order valence-corrected chi connectivity index (χ1v) is 7.34. The molecule has 0 bridgehead atoms. The molecule has 90 valence electrons. The van der Waals surface area contributed by atoms with E-state index in [9.17, 15) is 0 Å². The molecule has 0 unspecified atom stereocenters. The van der Waals surface area contributed by atoms with Crippen molar-refractivity contribution in [3.8, 4) is 0 Å². The Morgan fingerprint density at radius 1 is 1.41 bits per heavy atom. The van der Waals surface area contributed by atoms with Crippen LogP contribution in [0.1, 0.15) is 11.1 Å². The van der Waals surface area contributed by atoms with Gasteiger partial charge in [-0.25, -0.2) is 4.98 Å². The van der Waals surface area contributed by atoms with E-state index in [-0.39, 0.29) is 0 Å². The summed E-state index contributed by atoms with van der Waals surface area (Å²) in [7, 11) is 2.03. The van der Waals surface area contributed by atoms with E-state index < -0.39 is 0 Å². The van der Waals surface area contributed by atoms with Crippen molar-refractivity contribution in [1.82, 2.24) is 4.98 Å². The first kappa shape index (κ1) is 12.9. The molecule has 0 aliphatic carbocycles. The van der Waals surface area contributed by atoms with Gasteiger partial charge in [-0.05, 0) is 50.6 Å². The lowest BCUT2D eigenvalue weighted by atomic mass is 10.2. The highest BCUT2D eigenvalue weighted by Gasteiger charge is 2.05. The summed E-state index contributed by atoms with van der Waals surface area (Å²) >= 11 is 11.0. The van der Waals surface area contributed by atoms with Crippen LogP contribution in [0.5, 0.6) is 0 Å². The van der Waals surface area contributed by atoms with Crippen LogP contribution in [0.3, 0.4) is 0 Å². The van der Waals surface area contributed by atoms with Crippen LogP contribution in [-0.4, -0.2) is 12.0 Å². The van der Waals surface area contributed by atoms with E-state index >= 15 is 0 Å². The molecule has 0 saturated heterocycles. The van der Waals surface area contributed by atoms with E-state index in [0.29, 0.717) is 5.88 Å². The van der Waals surface area contributed by atoms with Crippen molar-refractivity contribution in [1.29, 1.82) is 0 Å². The molecule has 2 nitrogen and oxygen atoms in total. The van der Waals surface area contributed by atoms with Crippen molar-refractivity contribution in [3.63, 3.8) is 0 Å². The average molecular weight is 332 g/mol. The number of thiophene rings is 1. The maximum absolute atomic E-state index is 5.82. The maximum atomic E-state index is 5.82. The quantitative estimate of drug-likeness (QED) is 0.777. The van der Waals surface area contributed by atoms with Crippen molar-refractivity contribution in [2.24, 2.45) is 0 Å². The van der Waals surface area contributed by atoms with Crippen LogP contribution in [0.15, 0.2) is 33.6 Å². The standard InChI is InChI=1S/C12H12BrClN2S/c1-16(7-10-4-11(13)17-8-10)12-5-9(6-14)2-3-15-12/h2-5,8H,6-7H2,1H3. The van der Waals surface area contributed by atoms with Crippen LogP contribution in [0.2, 0.25) is 0 Å². The van der Waals surface area contributed by atoms with Crippen molar-refractivity contribution >= 4 is 44.7 Å². The van der Waals surface area contributed by atoms with E-state index in [1.54, 1.807) is 17.5 Å². The van der Waals surface area contributed by atoms with E-state index in [4.69, 9.17) is 11.6 Å². The Labute approximate surface area is 118 Å². The second-order valence-corrected chi connectivity index (χ2v) is 6.33. The summed E-state index contributed by atoms with van der Waals surface area (Å²) in [5.74, 6) is 1.47. The second-order valence-electron chi connectivity index (χ2n) is 3.77. The van der Waals surface area contributed by atoms with Gasteiger partial charge in [-0.3, -0.25) is 0 Å². The molecule has 0 spiro atoms. The number of hydrogen-bond acceptors (Lipinski definition) is 3. The first-order valence-electron chi connectivity index (χ1n) is 5.14. The summed E-state index contributed by atoms with van der Waals surface area (Å²) in [6, 6.07) is 6.09. The van der Waals surface area contributed by atoms with Crippen LogP contribution in [0.4, 0.5) is 5.82 Å². The summed E-state index contributed by atoms with van der Waals surface area (Å²) in [5, 5.41) is 2.14. The molecule has 0 amide bonds. The highest BCUT2D eigenvalue weighted by atomic mass is 79.9. The van der Waals surface area contributed by atoms with Gasteiger partial charge in [0.15, 0.2) is 0 Å². The SMILES string of the molecule is CN(Cc1csc(Br)c1)c1cc(CCl)ccn1. The Kier molecular flexibility index (Phi) is 4.42. The van der Waals surface area contributed by atoms with Gasteiger partial charge in [0, 0.05) is 25.7 Å². The number of hydrogen-bond donors (Lipinski definition) is 0. The maximum Gasteiger partial charge on any atom is 0.128 e. The molecule has 17 heavy (non-hydrogen) atoms. The monoisotopic (exact) mass is 330 g/mol. The Morgan fingerprint density at radius 2 is 2.24 bits per heavy atom. The molecule has 0 radical (unpaired) electrons. The first-order chi connectivity index (χ1) is 8.19. The van der Waals surface area contributed by atoms with Gasteiger partial charge < -0.3 is 4.90 Å². The number of halogens is 2. The zero-order valence-corrected chi connectivity index (χ0v) is 12.5. The third-order valence-electron chi connectivity index (χ3n) is 2.40. The Bertz CT molecular complexity index is 501. The fourth-order valence-electron chi connectivity index (χ4n) is 1.54. The third kappa shape index (κ3) is 3.44. The molecule has 2 heterocycles. The predicted molar refractivity (Wildman–Crippen MR) is 77.9 cm³/mol. The van der Waals surface area contributed by atoms with E-state index in [1.165, 1.54) is 5.56 Å². The van der Waals surface area contributed by atoms with Crippen LogP contribution >= 0.6 is 38.9 Å². The number of anilines is 1. The molecule has 0 saturated carbocycles. The summed E-state index contributed by atoms with van der Waals surface area (Å²) in [5.41, 5.74) is 2.37. The number of alkyl halides is 1. The fraction of sp³-hybridized carbons (Fsp3) is 0.250. The summed E-state index contributed by atoms with van der Waals surface area (Å²) in [4.78, 5) is 6.46. The minimum Gasteiger partial charge on any atom is -0.355 e. The lowest BCUT2D eigenvalue weighted by Gasteiger charge is -2.17. The minimum absolute atomic E-state index is 0.521. The molecule has 2 aromatic rings. The van der Waals surface area contributed by atoms with Crippen LogP contribution in [0.25, 0.3) is 0 Å². The molecule has 0 fully saturated rings. The van der Waals surface area contributed by atoms with Crippen LogP contribution in [-0.2, 0) is 12.4 Å². The van der Waals surface area contributed by atoms with Gasteiger partial charge in [0.1, 0.15) is 5.82 Å². The van der Waals surface area contributed by atoms with E-state index in [2.05, 4.69) is 37.3 Å². The van der Waals surface area contributed by atoms with Gasteiger partial charge in [-0.15, -0.1) is 22.9 Å². The average Bonchev–Trinajstić information content (AvgIpc) is 2.75. The van der Waals surface area contributed by atoms with Crippen molar-refractivity contribution < 1.29 is 0 Å². The molecule has 2 aromatic heterocycles. The molecule has 0 aliphatic rings. The van der Waals surface area contributed by atoms with Crippen molar-refractivity contribution in [2.45, 2.75) is 12.4 Å². The van der Waals surface area contributed by atoms with Crippen molar-refractivity contribution in [2.75, 3.05) is 11.9 Å². The minimum atomic E-state index is 0.521. The Morgan fingerprint density at radius 3 is 2.88 bits per heavy atom. The van der Waals surface area contributed by atoms with E-state index in [0.717, 1.165) is 21.7 Å². The largest absolute Gasteiger partial charge is 0.355 e. The fourth-order valence-corrected chi connectivity index (χ4v) is 2.90. The molecule has 0 aliphatic heterocycles. The summed E-state index contributed by atoms with van der Waals surface area (Å²) in [6.45, 7) is 0.848. The highest BCUT2D eigenvalue weighted by Crippen LogP contribution is 2.23. The number of rotatable bonds is 4. The third-order valence-corrected chi connectivity index (χ3v) is 4.26. The summed E-state index contributed by atoms with van der Waals surface area (Å²) < 4.78 is 1.16. The van der Waals surface area contributed by atoms with Gasteiger partial charge in [-0.2, -0.15) is 0 Å². The Hall–Kier alpha value is -0.580. The zero-order valence-electron chi connectivity index (χ0n) is 9.36. The Balaban J connectivity index is 2.11. The molecule has 0 atom stereocenters. The number of nitrogens with zero attached hydrogens (tertiary/aromatic N) is 2.